The van der Waals surface area contributed by atoms with Crippen LogP contribution in [0.15, 0.2) is 42.5 Å². The Morgan fingerprint density at radius 2 is 1.71 bits per heavy atom. The summed E-state index contributed by atoms with van der Waals surface area (Å²) in [4.78, 5) is 23.6. The molecule has 0 bridgehead atoms. The molecule has 1 N–H and O–H groups in total. The zero-order chi connectivity index (χ0) is 17.7. The second kappa shape index (κ2) is 8.18. The molecule has 2 aromatic rings. The van der Waals surface area contributed by atoms with Crippen LogP contribution in [0.3, 0.4) is 0 Å². The minimum Gasteiger partial charge on any atom is -0.483 e. The van der Waals surface area contributed by atoms with Crippen molar-refractivity contribution < 1.29 is 14.3 Å². The lowest BCUT2D eigenvalue weighted by Gasteiger charge is -2.15. The molecule has 0 unspecified atom stereocenters. The lowest BCUT2D eigenvalue weighted by molar-refractivity contribution is -0.123. The van der Waals surface area contributed by atoms with E-state index in [0.717, 1.165) is 5.56 Å². The Balaban J connectivity index is 1.96. The molecule has 4 nitrogen and oxygen atoms in total. The number of nitrogens with one attached hydrogen (secondary N) is 1. The van der Waals surface area contributed by atoms with Crippen LogP contribution in [-0.4, -0.2) is 18.3 Å². The number of ether oxygens (including phenoxy) is 1. The molecule has 0 aliphatic heterocycles. The monoisotopic (exact) mass is 365 g/mol. The van der Waals surface area contributed by atoms with E-state index in [1.165, 1.54) is 13.0 Å². The molecule has 0 heterocycles. The minimum absolute atomic E-state index is 0.178. The molecule has 0 saturated heterocycles. The van der Waals surface area contributed by atoms with Crippen LogP contribution >= 0.6 is 23.2 Å². The molecule has 2 rings (SSSR count). The van der Waals surface area contributed by atoms with Crippen molar-refractivity contribution >= 4 is 34.9 Å². The van der Waals surface area contributed by atoms with Gasteiger partial charge in [-0.3, -0.25) is 9.59 Å². The predicted octanol–water partition coefficient (Wildman–Crippen LogP) is 4.45. The third kappa shape index (κ3) is 4.98. The van der Waals surface area contributed by atoms with Gasteiger partial charge in [-0.05, 0) is 49.7 Å². The van der Waals surface area contributed by atoms with Gasteiger partial charge in [0, 0.05) is 10.0 Å². The Kier molecular flexibility index (Phi) is 6.23. The first kappa shape index (κ1) is 18.3. The number of hydrogen-bond donors (Lipinski definition) is 1. The molecule has 1 atom stereocenters. The minimum atomic E-state index is -0.290. The van der Waals surface area contributed by atoms with Gasteiger partial charge in [-0.1, -0.05) is 35.3 Å². The number of rotatable bonds is 6. The predicted molar refractivity (Wildman–Crippen MR) is 95.0 cm³/mol. The summed E-state index contributed by atoms with van der Waals surface area (Å²) in [5.41, 5.74) is 1.28. The van der Waals surface area contributed by atoms with Gasteiger partial charge in [0.25, 0.3) is 5.91 Å². The molecule has 0 radical (unpaired) electrons. The molecule has 126 valence electrons. The number of Topliss-reactive ketones (excluding diaryl/α,β-unsaturated/α-hetero) is 1. The Morgan fingerprint density at radius 3 is 2.33 bits per heavy atom. The van der Waals surface area contributed by atoms with Gasteiger partial charge in [-0.15, -0.1) is 0 Å². The van der Waals surface area contributed by atoms with Gasteiger partial charge in [-0.25, -0.2) is 0 Å². The van der Waals surface area contributed by atoms with Gasteiger partial charge in [0.1, 0.15) is 5.75 Å². The van der Waals surface area contributed by atoms with Crippen LogP contribution in [0.1, 0.15) is 35.8 Å². The second-order valence-corrected chi connectivity index (χ2v) is 6.20. The van der Waals surface area contributed by atoms with Crippen molar-refractivity contribution in [2.45, 2.75) is 19.9 Å². The number of halogens is 2. The molecular formula is C18H17Cl2NO3. The van der Waals surface area contributed by atoms with Crippen LogP contribution in [0.4, 0.5) is 0 Å². The van der Waals surface area contributed by atoms with Crippen LogP contribution in [-0.2, 0) is 4.79 Å². The number of carbonyl (C=O) groups is 2. The van der Waals surface area contributed by atoms with Crippen molar-refractivity contribution in [3.05, 3.63) is 63.6 Å². The molecule has 0 saturated carbocycles. The third-order valence-corrected chi connectivity index (χ3v) is 3.91. The molecule has 24 heavy (non-hydrogen) atoms. The topological polar surface area (TPSA) is 55.4 Å². The van der Waals surface area contributed by atoms with Gasteiger partial charge in [0.2, 0.25) is 0 Å². The Bertz CT molecular complexity index is 744. The fraction of sp³-hybridized carbons (Fsp3) is 0.222. The smallest absolute Gasteiger partial charge is 0.258 e. The van der Waals surface area contributed by atoms with Gasteiger partial charge in [0.15, 0.2) is 12.4 Å². The molecular weight excluding hydrogens is 349 g/mol. The highest BCUT2D eigenvalue weighted by atomic mass is 35.5. The van der Waals surface area contributed by atoms with Crippen molar-refractivity contribution in [3.8, 4) is 5.75 Å². The Morgan fingerprint density at radius 1 is 1.08 bits per heavy atom. The van der Waals surface area contributed by atoms with E-state index >= 15 is 0 Å². The maximum atomic E-state index is 12.0. The van der Waals surface area contributed by atoms with E-state index in [1.54, 1.807) is 24.3 Å². The fourth-order valence-electron chi connectivity index (χ4n) is 2.16. The highest BCUT2D eigenvalue weighted by molar-refractivity contribution is 6.31. The van der Waals surface area contributed by atoms with Gasteiger partial charge < -0.3 is 10.1 Å². The van der Waals surface area contributed by atoms with Crippen molar-refractivity contribution in [1.82, 2.24) is 5.32 Å². The third-order valence-electron chi connectivity index (χ3n) is 3.43. The SMILES string of the molecule is CC(=O)c1cc(Cl)ccc1OCC(=O)N[C@@H](C)c1ccc(Cl)cc1. The summed E-state index contributed by atoms with van der Waals surface area (Å²) in [6.07, 6.45) is 0. The quantitative estimate of drug-likeness (QED) is 0.769. The van der Waals surface area contributed by atoms with Gasteiger partial charge in [-0.2, -0.15) is 0 Å². The van der Waals surface area contributed by atoms with Crippen LogP contribution < -0.4 is 10.1 Å². The number of carbonyl (C=O) groups excluding carboxylic acids is 2. The van der Waals surface area contributed by atoms with Crippen molar-refractivity contribution in [1.29, 1.82) is 0 Å². The van der Waals surface area contributed by atoms with E-state index in [9.17, 15) is 9.59 Å². The summed E-state index contributed by atoms with van der Waals surface area (Å²) in [5, 5.41) is 3.91. The number of benzene rings is 2. The zero-order valence-corrected chi connectivity index (χ0v) is 14.8. The standard InChI is InChI=1S/C18H17Cl2NO3/c1-11(13-3-5-14(19)6-4-13)21-18(23)10-24-17-8-7-15(20)9-16(17)12(2)22/h3-9,11H,10H2,1-2H3,(H,21,23)/t11-/m0/s1. The molecule has 2 aromatic carbocycles. The van der Waals surface area contributed by atoms with Crippen LogP contribution in [0.5, 0.6) is 5.75 Å². The molecule has 1 amide bonds. The molecule has 0 spiro atoms. The van der Waals surface area contributed by atoms with E-state index in [0.29, 0.717) is 21.4 Å². The van der Waals surface area contributed by atoms with Crippen LogP contribution in [0, 0.1) is 0 Å². The Labute approximate surface area is 150 Å². The Hall–Kier alpha value is -2.04. The second-order valence-electron chi connectivity index (χ2n) is 5.33. The van der Waals surface area contributed by atoms with E-state index in [2.05, 4.69) is 5.32 Å². The van der Waals surface area contributed by atoms with E-state index in [1.807, 2.05) is 19.1 Å². The molecule has 0 aliphatic carbocycles. The summed E-state index contributed by atoms with van der Waals surface area (Å²) < 4.78 is 5.46. The first-order valence-corrected chi connectivity index (χ1v) is 8.10. The van der Waals surface area contributed by atoms with Crippen LogP contribution in [0.25, 0.3) is 0 Å². The normalized spacial score (nSPS) is 11.7. The van der Waals surface area contributed by atoms with Crippen molar-refractivity contribution in [2.24, 2.45) is 0 Å². The maximum Gasteiger partial charge on any atom is 0.258 e. The van der Waals surface area contributed by atoms with Gasteiger partial charge in [0.05, 0.1) is 11.6 Å². The van der Waals surface area contributed by atoms with E-state index in [-0.39, 0.29) is 24.3 Å². The molecule has 0 aromatic heterocycles. The maximum absolute atomic E-state index is 12.0. The number of amides is 1. The summed E-state index contributed by atoms with van der Waals surface area (Å²) in [5.74, 6) is -0.134. The fourth-order valence-corrected chi connectivity index (χ4v) is 2.46. The van der Waals surface area contributed by atoms with Gasteiger partial charge >= 0.3 is 0 Å². The summed E-state index contributed by atoms with van der Waals surface area (Å²) >= 11 is 11.7. The molecule has 0 fully saturated rings. The largest absolute Gasteiger partial charge is 0.483 e. The molecule has 6 heteroatoms. The highest BCUT2D eigenvalue weighted by Crippen LogP contribution is 2.23. The first-order valence-electron chi connectivity index (χ1n) is 7.35. The lowest BCUT2D eigenvalue weighted by Crippen LogP contribution is -2.31. The van der Waals surface area contributed by atoms with E-state index < -0.39 is 0 Å². The number of ketones is 1. The summed E-state index contributed by atoms with van der Waals surface area (Å²) in [6.45, 7) is 3.09. The van der Waals surface area contributed by atoms with Crippen molar-refractivity contribution in [3.63, 3.8) is 0 Å². The zero-order valence-electron chi connectivity index (χ0n) is 13.3. The lowest BCUT2D eigenvalue weighted by atomic mass is 10.1. The summed E-state index contributed by atoms with van der Waals surface area (Å²) in [7, 11) is 0. The van der Waals surface area contributed by atoms with Crippen molar-refractivity contribution in [2.75, 3.05) is 6.61 Å². The first-order chi connectivity index (χ1) is 11.4. The van der Waals surface area contributed by atoms with Crippen LogP contribution in [0.2, 0.25) is 10.0 Å². The number of hydrogen-bond acceptors (Lipinski definition) is 3. The molecule has 0 aliphatic rings. The van der Waals surface area contributed by atoms with E-state index in [4.69, 9.17) is 27.9 Å². The summed E-state index contributed by atoms with van der Waals surface area (Å²) in [6, 6.07) is 11.8. The average molecular weight is 366 g/mol. The average Bonchev–Trinajstić information content (AvgIpc) is 2.54. The highest BCUT2D eigenvalue weighted by Gasteiger charge is 2.13.